The van der Waals surface area contributed by atoms with Gasteiger partial charge in [-0.25, -0.2) is 0 Å². The molecule has 0 heterocycles. The molecule has 0 bridgehead atoms. The van der Waals surface area contributed by atoms with Crippen LogP contribution in [0.4, 0.5) is 0 Å². The normalized spacial score (nSPS) is 16.4. The molecule has 2 rings (SSSR count). The first-order valence-electron chi connectivity index (χ1n) is 4.94. The largest absolute Gasteiger partial charge is 0.490 e. The van der Waals surface area contributed by atoms with Gasteiger partial charge in [0.15, 0.2) is 0 Å². The van der Waals surface area contributed by atoms with Gasteiger partial charge >= 0.3 is 0 Å². The van der Waals surface area contributed by atoms with E-state index in [-0.39, 0.29) is 0 Å². The Morgan fingerprint density at radius 2 is 2.14 bits per heavy atom. The predicted octanol–water partition coefficient (Wildman–Crippen LogP) is 2.84. The van der Waals surface area contributed by atoms with Crippen LogP contribution in [0.5, 0.6) is 5.75 Å². The van der Waals surface area contributed by atoms with Crippen molar-refractivity contribution in [2.45, 2.75) is 31.9 Å². The molecule has 1 aliphatic rings. The lowest BCUT2D eigenvalue weighted by atomic mass is 9.96. The number of hydrogen-bond donors (Lipinski definition) is 1. The summed E-state index contributed by atoms with van der Waals surface area (Å²) in [5, 5.41) is 0. The van der Waals surface area contributed by atoms with E-state index >= 15 is 0 Å². The molecule has 1 aromatic carbocycles. The van der Waals surface area contributed by atoms with E-state index < -0.39 is 0 Å². The molecule has 76 valence electrons. The van der Waals surface area contributed by atoms with E-state index in [1.807, 2.05) is 18.2 Å². The molecule has 2 N–H and O–H groups in total. The van der Waals surface area contributed by atoms with Crippen LogP contribution in [0.15, 0.2) is 22.7 Å². The van der Waals surface area contributed by atoms with Gasteiger partial charge in [-0.2, -0.15) is 0 Å². The minimum atomic E-state index is 0.426. The van der Waals surface area contributed by atoms with E-state index in [0.29, 0.717) is 12.6 Å². The summed E-state index contributed by atoms with van der Waals surface area (Å²) in [5.74, 6) is 0.935. The maximum Gasteiger partial charge on any atom is 0.121 e. The van der Waals surface area contributed by atoms with E-state index in [1.54, 1.807) is 0 Å². The first kappa shape index (κ1) is 9.99. The fourth-order valence-electron chi connectivity index (χ4n) is 1.49. The zero-order chi connectivity index (χ0) is 9.97. The van der Waals surface area contributed by atoms with Crippen molar-refractivity contribution in [1.82, 2.24) is 0 Å². The number of ether oxygens (including phenoxy) is 1. The maximum absolute atomic E-state index is 5.79. The molecular weight excluding hydrogens is 242 g/mol. The molecule has 1 aliphatic carbocycles. The first-order valence-corrected chi connectivity index (χ1v) is 5.73. The van der Waals surface area contributed by atoms with Crippen molar-refractivity contribution in [2.75, 3.05) is 0 Å². The second-order valence-electron chi connectivity index (χ2n) is 3.67. The van der Waals surface area contributed by atoms with Gasteiger partial charge in [-0.05, 0) is 43.0 Å². The third kappa shape index (κ3) is 2.28. The van der Waals surface area contributed by atoms with Crippen LogP contribution in [-0.2, 0) is 6.54 Å². The zero-order valence-corrected chi connectivity index (χ0v) is 9.59. The first-order chi connectivity index (χ1) is 6.78. The van der Waals surface area contributed by atoms with Crippen molar-refractivity contribution in [3.63, 3.8) is 0 Å². The monoisotopic (exact) mass is 255 g/mol. The molecule has 1 fully saturated rings. The molecule has 0 atom stereocenters. The predicted molar refractivity (Wildman–Crippen MR) is 60.3 cm³/mol. The summed E-state index contributed by atoms with van der Waals surface area (Å²) in [7, 11) is 0. The van der Waals surface area contributed by atoms with Gasteiger partial charge in [0.2, 0.25) is 0 Å². The number of hydrogen-bond acceptors (Lipinski definition) is 2. The Labute approximate surface area is 92.6 Å². The molecule has 0 spiro atoms. The van der Waals surface area contributed by atoms with Crippen LogP contribution < -0.4 is 10.5 Å². The van der Waals surface area contributed by atoms with Gasteiger partial charge in [0, 0.05) is 11.0 Å². The molecule has 1 saturated carbocycles. The van der Waals surface area contributed by atoms with Crippen molar-refractivity contribution < 1.29 is 4.74 Å². The average molecular weight is 256 g/mol. The summed E-state index contributed by atoms with van der Waals surface area (Å²) >= 11 is 3.45. The average Bonchev–Trinajstić information content (AvgIpc) is 2.10. The Morgan fingerprint density at radius 3 is 2.71 bits per heavy atom. The van der Waals surface area contributed by atoms with Crippen LogP contribution in [0.3, 0.4) is 0 Å². The number of nitrogens with two attached hydrogens (primary N) is 1. The van der Waals surface area contributed by atoms with E-state index in [4.69, 9.17) is 10.5 Å². The van der Waals surface area contributed by atoms with Gasteiger partial charge in [0.1, 0.15) is 5.75 Å². The molecule has 0 aliphatic heterocycles. The van der Waals surface area contributed by atoms with Crippen molar-refractivity contribution in [2.24, 2.45) is 5.73 Å². The summed E-state index contributed by atoms with van der Waals surface area (Å²) in [6.07, 6.45) is 4.09. The summed E-state index contributed by atoms with van der Waals surface area (Å²) in [4.78, 5) is 0. The van der Waals surface area contributed by atoms with Gasteiger partial charge in [0.25, 0.3) is 0 Å². The zero-order valence-electron chi connectivity index (χ0n) is 8.00. The molecule has 0 unspecified atom stereocenters. The fraction of sp³-hybridized carbons (Fsp3) is 0.455. The lowest BCUT2D eigenvalue weighted by Crippen LogP contribution is -2.24. The Morgan fingerprint density at radius 1 is 1.36 bits per heavy atom. The molecule has 2 nitrogen and oxygen atoms in total. The highest BCUT2D eigenvalue weighted by atomic mass is 79.9. The Hall–Kier alpha value is -0.540. The van der Waals surface area contributed by atoms with Crippen LogP contribution >= 0.6 is 15.9 Å². The number of halogens is 1. The lowest BCUT2D eigenvalue weighted by molar-refractivity contribution is 0.120. The van der Waals surface area contributed by atoms with E-state index in [2.05, 4.69) is 15.9 Å². The molecular formula is C11H14BrNO. The second-order valence-corrected chi connectivity index (χ2v) is 4.59. The number of benzene rings is 1. The minimum absolute atomic E-state index is 0.426. The smallest absolute Gasteiger partial charge is 0.121 e. The molecule has 1 aromatic rings. The van der Waals surface area contributed by atoms with Crippen LogP contribution in [0.25, 0.3) is 0 Å². The summed E-state index contributed by atoms with van der Waals surface area (Å²) in [5.41, 5.74) is 6.69. The number of rotatable bonds is 3. The van der Waals surface area contributed by atoms with Gasteiger partial charge in [0.05, 0.1) is 6.10 Å². The van der Waals surface area contributed by atoms with Crippen LogP contribution in [0, 0.1) is 0 Å². The standard InChI is InChI=1S/C11H14BrNO/c12-9-4-8(7-13)5-11(6-9)14-10-2-1-3-10/h4-6,10H,1-3,7,13H2. The van der Waals surface area contributed by atoms with Gasteiger partial charge in [-0.15, -0.1) is 0 Å². The van der Waals surface area contributed by atoms with Crippen molar-refractivity contribution in [3.05, 3.63) is 28.2 Å². The second kappa shape index (κ2) is 4.32. The third-order valence-corrected chi connectivity index (χ3v) is 2.98. The highest BCUT2D eigenvalue weighted by Gasteiger charge is 2.19. The Bertz CT molecular complexity index is 323. The van der Waals surface area contributed by atoms with Crippen LogP contribution in [0.1, 0.15) is 24.8 Å². The van der Waals surface area contributed by atoms with Crippen LogP contribution in [-0.4, -0.2) is 6.10 Å². The summed E-state index contributed by atoms with van der Waals surface area (Å²) in [6.45, 7) is 0.556. The lowest BCUT2D eigenvalue weighted by Gasteiger charge is -2.26. The topological polar surface area (TPSA) is 35.2 Å². The van der Waals surface area contributed by atoms with Crippen molar-refractivity contribution >= 4 is 15.9 Å². The molecule has 0 amide bonds. The third-order valence-electron chi connectivity index (χ3n) is 2.52. The highest BCUT2D eigenvalue weighted by molar-refractivity contribution is 9.10. The summed E-state index contributed by atoms with van der Waals surface area (Å²) in [6, 6.07) is 6.04. The SMILES string of the molecule is NCc1cc(Br)cc(OC2CCC2)c1. The maximum atomic E-state index is 5.79. The minimum Gasteiger partial charge on any atom is -0.490 e. The Kier molecular flexibility index (Phi) is 3.08. The van der Waals surface area contributed by atoms with E-state index in [1.165, 1.54) is 19.3 Å². The molecule has 0 saturated heterocycles. The fourth-order valence-corrected chi connectivity index (χ4v) is 2.01. The van der Waals surface area contributed by atoms with Gasteiger partial charge in [-0.3, -0.25) is 0 Å². The molecule has 0 aromatic heterocycles. The van der Waals surface area contributed by atoms with Crippen molar-refractivity contribution in [1.29, 1.82) is 0 Å². The van der Waals surface area contributed by atoms with E-state index in [9.17, 15) is 0 Å². The van der Waals surface area contributed by atoms with Gasteiger partial charge in [-0.1, -0.05) is 15.9 Å². The van der Waals surface area contributed by atoms with Crippen LogP contribution in [0.2, 0.25) is 0 Å². The van der Waals surface area contributed by atoms with Gasteiger partial charge < -0.3 is 10.5 Å². The molecule has 3 heteroatoms. The molecule has 0 radical (unpaired) electrons. The quantitative estimate of drug-likeness (QED) is 0.902. The van der Waals surface area contributed by atoms with E-state index in [0.717, 1.165) is 15.8 Å². The molecule has 14 heavy (non-hydrogen) atoms. The Balaban J connectivity index is 2.11. The highest BCUT2D eigenvalue weighted by Crippen LogP contribution is 2.28. The summed E-state index contributed by atoms with van der Waals surface area (Å²) < 4.78 is 6.82. The van der Waals surface area contributed by atoms with Crippen molar-refractivity contribution in [3.8, 4) is 5.75 Å².